The van der Waals surface area contributed by atoms with Crippen LogP contribution in [0.4, 0.5) is 11.5 Å². The van der Waals surface area contributed by atoms with Gasteiger partial charge in [-0.05, 0) is 37.1 Å². The van der Waals surface area contributed by atoms with E-state index in [1.54, 1.807) is 32.4 Å². The van der Waals surface area contributed by atoms with Crippen molar-refractivity contribution in [3.8, 4) is 17.2 Å². The Morgan fingerprint density at radius 3 is 2.27 bits per heavy atom. The number of nitrogens with zero attached hydrogens (tertiary/aromatic N) is 3. The van der Waals surface area contributed by atoms with Crippen molar-refractivity contribution < 1.29 is 14.3 Å². The zero-order valence-electron chi connectivity index (χ0n) is 17.2. The smallest absolute Gasteiger partial charge is 0.227 e. The highest BCUT2D eigenvalue weighted by Gasteiger charge is 2.26. The van der Waals surface area contributed by atoms with Gasteiger partial charge in [-0.15, -0.1) is 0 Å². The number of ether oxygens (including phenoxy) is 2. The fraction of sp³-hybridized carbons (Fsp3) is 0.304. The lowest BCUT2D eigenvalue weighted by atomic mass is 9.95. The lowest BCUT2D eigenvalue weighted by molar-refractivity contribution is -0.120. The van der Waals surface area contributed by atoms with Gasteiger partial charge in [0.2, 0.25) is 5.91 Å². The Kier molecular flexibility index (Phi) is 5.88. The van der Waals surface area contributed by atoms with Crippen molar-refractivity contribution in [3.63, 3.8) is 0 Å². The van der Waals surface area contributed by atoms with E-state index in [-0.39, 0.29) is 11.8 Å². The quantitative estimate of drug-likeness (QED) is 0.675. The molecule has 0 aliphatic carbocycles. The van der Waals surface area contributed by atoms with Crippen molar-refractivity contribution in [1.29, 1.82) is 0 Å². The Balaban J connectivity index is 1.34. The maximum atomic E-state index is 12.8. The van der Waals surface area contributed by atoms with E-state index in [2.05, 4.69) is 21.3 Å². The SMILES string of the molecule is COc1cc(NC(=O)C2CCN(c3ccc(-n4cccc4)cn3)CC2)cc(OC)c1. The molecule has 0 unspecified atom stereocenters. The van der Waals surface area contributed by atoms with Crippen LogP contribution in [0.3, 0.4) is 0 Å². The van der Waals surface area contributed by atoms with Gasteiger partial charge < -0.3 is 24.3 Å². The van der Waals surface area contributed by atoms with Crippen LogP contribution in [-0.4, -0.2) is 42.8 Å². The Morgan fingerprint density at radius 2 is 1.70 bits per heavy atom. The molecular weight excluding hydrogens is 380 g/mol. The van der Waals surface area contributed by atoms with Crippen molar-refractivity contribution in [2.24, 2.45) is 5.92 Å². The fourth-order valence-electron chi connectivity index (χ4n) is 3.72. The van der Waals surface area contributed by atoms with Crippen LogP contribution in [0.1, 0.15) is 12.8 Å². The standard InChI is InChI=1S/C23H26N4O3/c1-29-20-13-18(14-21(15-20)30-2)25-23(28)17-7-11-27(12-8-17)22-6-5-19(16-24-22)26-9-3-4-10-26/h3-6,9-10,13-17H,7-8,11-12H2,1-2H3,(H,25,28). The molecule has 3 aromatic rings. The summed E-state index contributed by atoms with van der Waals surface area (Å²) in [4.78, 5) is 19.6. The maximum absolute atomic E-state index is 12.8. The molecule has 0 spiro atoms. The molecule has 30 heavy (non-hydrogen) atoms. The van der Waals surface area contributed by atoms with Crippen LogP contribution in [0.5, 0.6) is 11.5 Å². The van der Waals surface area contributed by atoms with Crippen molar-refractivity contribution in [1.82, 2.24) is 9.55 Å². The number of rotatable bonds is 6. The molecule has 1 aliphatic rings. The molecule has 3 heterocycles. The van der Waals surface area contributed by atoms with Gasteiger partial charge in [0, 0.05) is 55.3 Å². The average Bonchev–Trinajstić information content (AvgIpc) is 3.34. The second-order valence-corrected chi connectivity index (χ2v) is 7.32. The van der Waals surface area contributed by atoms with Crippen LogP contribution in [0.25, 0.3) is 5.69 Å². The summed E-state index contributed by atoms with van der Waals surface area (Å²) in [5.41, 5.74) is 1.72. The number of aromatic nitrogens is 2. The largest absolute Gasteiger partial charge is 0.497 e. The van der Waals surface area contributed by atoms with Gasteiger partial charge in [0.25, 0.3) is 0 Å². The first-order valence-corrected chi connectivity index (χ1v) is 10.0. The molecule has 1 aromatic carbocycles. The van der Waals surface area contributed by atoms with E-state index in [4.69, 9.17) is 9.47 Å². The van der Waals surface area contributed by atoms with Gasteiger partial charge >= 0.3 is 0 Å². The van der Waals surface area contributed by atoms with E-state index >= 15 is 0 Å². The number of amides is 1. The number of carbonyl (C=O) groups is 1. The Labute approximate surface area is 176 Å². The summed E-state index contributed by atoms with van der Waals surface area (Å²) in [6.45, 7) is 1.60. The summed E-state index contributed by atoms with van der Waals surface area (Å²) in [6, 6.07) is 13.5. The molecule has 4 rings (SSSR count). The highest BCUT2D eigenvalue weighted by atomic mass is 16.5. The molecule has 0 saturated carbocycles. The molecule has 0 bridgehead atoms. The van der Waals surface area contributed by atoms with Gasteiger partial charge in [0.1, 0.15) is 17.3 Å². The number of carbonyl (C=O) groups excluding carboxylic acids is 1. The van der Waals surface area contributed by atoms with Crippen LogP contribution in [0, 0.1) is 5.92 Å². The maximum Gasteiger partial charge on any atom is 0.227 e. The van der Waals surface area contributed by atoms with Crippen LogP contribution in [0.2, 0.25) is 0 Å². The van der Waals surface area contributed by atoms with Gasteiger partial charge in [-0.3, -0.25) is 4.79 Å². The number of hydrogen-bond acceptors (Lipinski definition) is 5. The van der Waals surface area contributed by atoms with Crippen molar-refractivity contribution in [2.45, 2.75) is 12.8 Å². The fourth-order valence-corrected chi connectivity index (χ4v) is 3.72. The van der Waals surface area contributed by atoms with Crippen LogP contribution in [-0.2, 0) is 4.79 Å². The monoisotopic (exact) mass is 406 g/mol. The van der Waals surface area contributed by atoms with E-state index in [9.17, 15) is 4.79 Å². The van der Waals surface area contributed by atoms with Crippen LogP contribution >= 0.6 is 0 Å². The first-order valence-electron chi connectivity index (χ1n) is 10.0. The second-order valence-electron chi connectivity index (χ2n) is 7.32. The summed E-state index contributed by atoms with van der Waals surface area (Å²) >= 11 is 0. The molecule has 1 saturated heterocycles. The molecule has 2 aromatic heterocycles. The van der Waals surface area contributed by atoms with Gasteiger partial charge in [0.05, 0.1) is 26.1 Å². The Hall–Kier alpha value is -3.48. The Morgan fingerprint density at radius 1 is 1.03 bits per heavy atom. The van der Waals surface area contributed by atoms with Crippen molar-refractivity contribution >= 4 is 17.4 Å². The number of pyridine rings is 1. The van der Waals surface area contributed by atoms with Crippen LogP contribution in [0.15, 0.2) is 61.1 Å². The molecule has 1 fully saturated rings. The molecule has 1 N–H and O–H groups in total. The molecule has 7 nitrogen and oxygen atoms in total. The molecule has 7 heteroatoms. The predicted molar refractivity (Wildman–Crippen MR) is 117 cm³/mol. The number of piperidine rings is 1. The number of hydrogen-bond donors (Lipinski definition) is 1. The third kappa shape index (κ3) is 4.40. The van der Waals surface area contributed by atoms with Crippen molar-refractivity contribution in [3.05, 3.63) is 61.1 Å². The number of nitrogens with one attached hydrogen (secondary N) is 1. The lowest BCUT2D eigenvalue weighted by Crippen LogP contribution is -2.38. The number of anilines is 2. The minimum Gasteiger partial charge on any atom is -0.497 e. The molecule has 156 valence electrons. The van der Waals surface area contributed by atoms with Gasteiger partial charge in [-0.1, -0.05) is 0 Å². The summed E-state index contributed by atoms with van der Waals surface area (Å²) in [6.07, 6.45) is 7.45. The average molecular weight is 406 g/mol. The van der Waals surface area contributed by atoms with E-state index in [1.165, 1.54) is 0 Å². The number of methoxy groups -OCH3 is 2. The minimum atomic E-state index is -0.0300. The molecule has 1 aliphatic heterocycles. The normalized spacial score (nSPS) is 14.4. The zero-order chi connectivity index (χ0) is 20.9. The first kappa shape index (κ1) is 19.8. The van der Waals surface area contributed by atoms with Gasteiger partial charge in [-0.25, -0.2) is 4.98 Å². The van der Waals surface area contributed by atoms with Gasteiger partial charge in [-0.2, -0.15) is 0 Å². The summed E-state index contributed by atoms with van der Waals surface area (Å²) in [5.74, 6) is 2.24. The molecule has 0 radical (unpaired) electrons. The third-order valence-corrected chi connectivity index (χ3v) is 5.44. The minimum absolute atomic E-state index is 0.0286. The number of benzene rings is 1. The summed E-state index contributed by atoms with van der Waals surface area (Å²) in [5, 5.41) is 3.00. The molecular formula is C23H26N4O3. The zero-order valence-corrected chi connectivity index (χ0v) is 17.2. The van der Waals surface area contributed by atoms with E-state index < -0.39 is 0 Å². The molecule has 1 amide bonds. The topological polar surface area (TPSA) is 68.6 Å². The summed E-state index contributed by atoms with van der Waals surface area (Å²) < 4.78 is 12.6. The van der Waals surface area contributed by atoms with E-state index in [0.29, 0.717) is 17.2 Å². The predicted octanol–water partition coefficient (Wildman–Crippen LogP) is 3.74. The highest BCUT2D eigenvalue weighted by molar-refractivity contribution is 5.93. The molecule has 0 atom stereocenters. The first-order chi connectivity index (χ1) is 14.7. The summed E-state index contributed by atoms with van der Waals surface area (Å²) in [7, 11) is 3.18. The third-order valence-electron chi connectivity index (χ3n) is 5.44. The van der Waals surface area contributed by atoms with E-state index in [0.717, 1.165) is 37.4 Å². The van der Waals surface area contributed by atoms with E-state index in [1.807, 2.05) is 41.4 Å². The Bertz CT molecular complexity index is 956. The van der Waals surface area contributed by atoms with Crippen molar-refractivity contribution in [2.75, 3.05) is 37.5 Å². The van der Waals surface area contributed by atoms with Crippen LogP contribution < -0.4 is 19.7 Å². The second kappa shape index (κ2) is 8.90. The lowest BCUT2D eigenvalue weighted by Gasteiger charge is -2.32. The highest BCUT2D eigenvalue weighted by Crippen LogP contribution is 2.28. The van der Waals surface area contributed by atoms with Gasteiger partial charge in [0.15, 0.2) is 0 Å².